The minimum Gasteiger partial charge on any atom is -0.316 e. The fourth-order valence-electron chi connectivity index (χ4n) is 2.10. The Morgan fingerprint density at radius 2 is 2.23 bits per heavy atom. The summed E-state index contributed by atoms with van der Waals surface area (Å²) in [6.45, 7) is 3.42. The second kappa shape index (κ2) is 3.92. The topological polar surface area (TPSA) is 46.2 Å². The van der Waals surface area contributed by atoms with Gasteiger partial charge in [0.15, 0.2) is 0 Å². The molecule has 0 spiro atoms. The summed E-state index contributed by atoms with van der Waals surface area (Å²) >= 11 is 0. The van der Waals surface area contributed by atoms with Crippen molar-refractivity contribution in [2.45, 2.75) is 26.2 Å². The van der Waals surface area contributed by atoms with Crippen molar-refractivity contribution in [1.29, 1.82) is 0 Å². The van der Waals surface area contributed by atoms with E-state index in [1.54, 1.807) is 0 Å². The van der Waals surface area contributed by atoms with Gasteiger partial charge in [-0.3, -0.25) is 0 Å². The lowest BCUT2D eigenvalue weighted by Gasteiger charge is -2.25. The predicted octanol–water partition coefficient (Wildman–Crippen LogP) is 1.07. The zero-order chi connectivity index (χ0) is 9.95. The minimum atomic E-state index is -4.33. The van der Waals surface area contributed by atoms with Gasteiger partial charge in [-0.2, -0.15) is 8.42 Å². The van der Waals surface area contributed by atoms with Crippen LogP contribution in [0.15, 0.2) is 0 Å². The third kappa shape index (κ3) is 3.23. The molecule has 1 saturated heterocycles. The molecule has 1 unspecified atom stereocenters. The first kappa shape index (κ1) is 10.9. The van der Waals surface area contributed by atoms with Crippen LogP contribution < -0.4 is 5.32 Å². The highest BCUT2D eigenvalue weighted by atomic mass is 32.3. The van der Waals surface area contributed by atoms with Crippen LogP contribution in [0.1, 0.15) is 26.2 Å². The zero-order valence-corrected chi connectivity index (χ0v) is 8.66. The Kier molecular flexibility index (Phi) is 3.29. The van der Waals surface area contributed by atoms with Crippen LogP contribution in [-0.2, 0) is 10.2 Å². The summed E-state index contributed by atoms with van der Waals surface area (Å²) in [5.74, 6) is -0.319. The summed E-state index contributed by atoms with van der Waals surface area (Å²) in [7, 11) is -4.33. The Balaban J connectivity index is 2.67. The van der Waals surface area contributed by atoms with Gasteiger partial charge in [0.25, 0.3) is 0 Å². The average Bonchev–Trinajstić information content (AvgIpc) is 2.33. The van der Waals surface area contributed by atoms with E-state index in [-0.39, 0.29) is 11.2 Å². The van der Waals surface area contributed by atoms with Crippen molar-refractivity contribution in [3.05, 3.63) is 0 Å². The van der Waals surface area contributed by atoms with E-state index >= 15 is 0 Å². The molecule has 1 atom stereocenters. The van der Waals surface area contributed by atoms with Crippen molar-refractivity contribution >= 4 is 10.2 Å². The van der Waals surface area contributed by atoms with Gasteiger partial charge in [0.2, 0.25) is 0 Å². The zero-order valence-electron chi connectivity index (χ0n) is 7.85. The van der Waals surface area contributed by atoms with Crippen molar-refractivity contribution < 1.29 is 12.3 Å². The van der Waals surface area contributed by atoms with Gasteiger partial charge in [-0.05, 0) is 19.4 Å². The van der Waals surface area contributed by atoms with Crippen LogP contribution in [0.25, 0.3) is 0 Å². The monoisotopic (exact) mass is 209 g/mol. The molecule has 1 heterocycles. The molecule has 5 heteroatoms. The second-order valence-corrected chi connectivity index (χ2v) is 5.23. The molecule has 0 aromatic carbocycles. The van der Waals surface area contributed by atoms with Crippen LogP contribution in [0.5, 0.6) is 0 Å². The summed E-state index contributed by atoms with van der Waals surface area (Å²) < 4.78 is 33.7. The highest BCUT2D eigenvalue weighted by Gasteiger charge is 2.37. The molecular formula is C8H16FNO2S. The first-order chi connectivity index (χ1) is 5.97. The van der Waals surface area contributed by atoms with Crippen LogP contribution >= 0.6 is 0 Å². The summed E-state index contributed by atoms with van der Waals surface area (Å²) in [6.07, 6.45) is 2.45. The van der Waals surface area contributed by atoms with Gasteiger partial charge in [0.1, 0.15) is 0 Å². The first-order valence-corrected chi connectivity index (χ1v) is 6.16. The molecule has 0 radical (unpaired) electrons. The Bertz CT molecular complexity index is 257. The Morgan fingerprint density at radius 1 is 1.54 bits per heavy atom. The molecule has 1 N–H and O–H groups in total. The fraction of sp³-hybridized carbons (Fsp3) is 1.00. The number of hydrogen-bond acceptors (Lipinski definition) is 3. The maximum Gasteiger partial charge on any atom is 0.303 e. The van der Waals surface area contributed by atoms with Gasteiger partial charge in [-0.25, -0.2) is 0 Å². The SMILES string of the molecule is CCCC1(CS(=O)(=O)F)CCNC1. The van der Waals surface area contributed by atoms with Crippen molar-refractivity contribution in [1.82, 2.24) is 5.32 Å². The minimum absolute atomic E-state index is 0.319. The summed E-state index contributed by atoms with van der Waals surface area (Å²) in [5, 5.41) is 3.09. The van der Waals surface area contributed by atoms with Crippen molar-refractivity contribution in [2.24, 2.45) is 5.41 Å². The molecule has 0 saturated carbocycles. The van der Waals surface area contributed by atoms with Gasteiger partial charge in [0, 0.05) is 12.0 Å². The molecule has 1 aliphatic heterocycles. The van der Waals surface area contributed by atoms with Gasteiger partial charge >= 0.3 is 10.2 Å². The standard InChI is InChI=1S/C8H16FNO2S/c1-2-3-8(4-5-10-6-8)7-13(9,11)12/h10H,2-7H2,1H3. The van der Waals surface area contributed by atoms with Crippen molar-refractivity contribution in [3.63, 3.8) is 0 Å². The largest absolute Gasteiger partial charge is 0.316 e. The second-order valence-electron chi connectivity index (χ2n) is 3.86. The van der Waals surface area contributed by atoms with Crippen LogP contribution in [0.4, 0.5) is 3.89 Å². The summed E-state index contributed by atoms with van der Waals surface area (Å²) in [5.41, 5.74) is -0.345. The van der Waals surface area contributed by atoms with Crippen molar-refractivity contribution in [3.8, 4) is 0 Å². The maximum atomic E-state index is 12.6. The lowest BCUT2D eigenvalue weighted by atomic mass is 9.85. The maximum absolute atomic E-state index is 12.6. The predicted molar refractivity (Wildman–Crippen MR) is 49.7 cm³/mol. The quantitative estimate of drug-likeness (QED) is 0.704. The van der Waals surface area contributed by atoms with E-state index in [0.717, 1.165) is 25.8 Å². The van der Waals surface area contributed by atoms with Crippen LogP contribution in [0.3, 0.4) is 0 Å². The molecule has 3 nitrogen and oxygen atoms in total. The first-order valence-electron chi connectivity index (χ1n) is 4.60. The van der Waals surface area contributed by atoms with Crippen LogP contribution in [0.2, 0.25) is 0 Å². The van der Waals surface area contributed by atoms with E-state index in [9.17, 15) is 12.3 Å². The molecule has 0 aromatic heterocycles. The molecular weight excluding hydrogens is 193 g/mol. The van der Waals surface area contributed by atoms with Crippen LogP contribution in [-0.4, -0.2) is 27.3 Å². The fourth-order valence-corrected chi connectivity index (χ4v) is 3.22. The molecule has 0 aliphatic carbocycles. The molecule has 0 bridgehead atoms. The lowest BCUT2D eigenvalue weighted by Crippen LogP contribution is -2.31. The smallest absolute Gasteiger partial charge is 0.303 e. The average molecular weight is 209 g/mol. The van der Waals surface area contributed by atoms with Gasteiger partial charge in [-0.1, -0.05) is 13.3 Å². The van der Waals surface area contributed by atoms with Crippen molar-refractivity contribution in [2.75, 3.05) is 18.8 Å². The number of nitrogens with one attached hydrogen (secondary N) is 1. The van der Waals surface area contributed by atoms with Gasteiger partial charge < -0.3 is 5.32 Å². The Morgan fingerprint density at radius 3 is 2.62 bits per heavy atom. The number of hydrogen-bond donors (Lipinski definition) is 1. The van der Waals surface area contributed by atoms with E-state index in [2.05, 4.69) is 5.32 Å². The molecule has 1 aliphatic rings. The van der Waals surface area contributed by atoms with E-state index in [4.69, 9.17) is 0 Å². The molecule has 0 amide bonds. The molecule has 0 aromatic rings. The lowest BCUT2D eigenvalue weighted by molar-refractivity contribution is 0.328. The molecule has 13 heavy (non-hydrogen) atoms. The third-order valence-electron chi connectivity index (χ3n) is 2.59. The van der Waals surface area contributed by atoms with Crippen LogP contribution in [0, 0.1) is 5.41 Å². The van der Waals surface area contributed by atoms with E-state index in [1.165, 1.54) is 0 Å². The molecule has 78 valence electrons. The molecule has 1 rings (SSSR count). The number of halogens is 1. The highest BCUT2D eigenvalue weighted by Crippen LogP contribution is 2.32. The third-order valence-corrected chi connectivity index (χ3v) is 3.55. The van der Waals surface area contributed by atoms with Gasteiger partial charge in [-0.15, -0.1) is 3.89 Å². The number of rotatable bonds is 4. The van der Waals surface area contributed by atoms with E-state index in [0.29, 0.717) is 6.54 Å². The van der Waals surface area contributed by atoms with Gasteiger partial charge in [0.05, 0.1) is 5.75 Å². The highest BCUT2D eigenvalue weighted by molar-refractivity contribution is 7.86. The summed E-state index contributed by atoms with van der Waals surface area (Å²) in [6, 6.07) is 0. The Hall–Kier alpha value is -0.160. The Labute approximate surface area is 78.9 Å². The molecule has 1 fully saturated rings. The normalized spacial score (nSPS) is 29.4. The van der Waals surface area contributed by atoms with E-state index in [1.807, 2.05) is 6.92 Å². The summed E-state index contributed by atoms with van der Waals surface area (Å²) in [4.78, 5) is 0. The van der Waals surface area contributed by atoms with E-state index < -0.39 is 10.2 Å².